The van der Waals surface area contributed by atoms with Crippen LogP contribution in [0, 0.1) is 5.41 Å². The van der Waals surface area contributed by atoms with Crippen molar-refractivity contribution in [2.45, 2.75) is 56.9 Å². The minimum Gasteiger partial charge on any atom is -0.456 e. The second kappa shape index (κ2) is 8.68. The maximum Gasteiger partial charge on any atom is 0.336 e. The van der Waals surface area contributed by atoms with Gasteiger partial charge in [0.05, 0.1) is 47.4 Å². The quantitative estimate of drug-likeness (QED) is 0.529. The van der Waals surface area contributed by atoms with Gasteiger partial charge >= 0.3 is 5.97 Å². The molecule has 2 aromatic rings. The average Bonchev–Trinajstić information content (AvgIpc) is 3.64. The van der Waals surface area contributed by atoms with Gasteiger partial charge in [0.25, 0.3) is 0 Å². The molecule has 0 radical (unpaired) electrons. The van der Waals surface area contributed by atoms with E-state index in [4.69, 9.17) is 9.47 Å². The summed E-state index contributed by atoms with van der Waals surface area (Å²) in [6.07, 6.45) is 6.61. The molecule has 4 unspecified atom stereocenters. The van der Waals surface area contributed by atoms with Crippen LogP contribution in [0.4, 0.5) is 0 Å². The van der Waals surface area contributed by atoms with Gasteiger partial charge < -0.3 is 19.5 Å². The van der Waals surface area contributed by atoms with Crippen molar-refractivity contribution in [1.82, 2.24) is 40.0 Å². The van der Waals surface area contributed by atoms with Crippen LogP contribution in [0.1, 0.15) is 44.4 Å². The first-order chi connectivity index (χ1) is 17.4. The number of fused-ring (bicyclic) bond motifs is 2. The number of aromatic nitrogens is 6. The van der Waals surface area contributed by atoms with E-state index in [1.807, 2.05) is 0 Å². The molecular formula is C23H28N8O5. The number of amides is 1. The van der Waals surface area contributed by atoms with Crippen molar-refractivity contribution < 1.29 is 24.2 Å². The van der Waals surface area contributed by atoms with Crippen LogP contribution in [0.3, 0.4) is 0 Å². The van der Waals surface area contributed by atoms with Crippen LogP contribution in [-0.4, -0.2) is 102 Å². The van der Waals surface area contributed by atoms with Gasteiger partial charge in [0.2, 0.25) is 5.91 Å². The smallest absolute Gasteiger partial charge is 0.336 e. The van der Waals surface area contributed by atoms with E-state index >= 15 is 0 Å². The Morgan fingerprint density at radius 2 is 2.00 bits per heavy atom. The Hall–Kier alpha value is -3.29. The fourth-order valence-corrected chi connectivity index (χ4v) is 6.41. The maximum absolute atomic E-state index is 13.8. The molecule has 0 aliphatic carbocycles. The third-order valence-electron chi connectivity index (χ3n) is 8.26. The number of methoxy groups -OCH3 is 1. The molecule has 3 saturated heterocycles. The summed E-state index contributed by atoms with van der Waals surface area (Å²) in [6, 6.07) is 0.287. The number of cyclic esters (lactones) is 1. The van der Waals surface area contributed by atoms with E-state index in [0.29, 0.717) is 48.7 Å². The molecule has 4 atom stereocenters. The van der Waals surface area contributed by atoms with Crippen molar-refractivity contribution >= 4 is 11.9 Å². The Bertz CT molecular complexity index is 1190. The first-order valence-corrected chi connectivity index (χ1v) is 12.1. The molecular weight excluding hydrogens is 468 g/mol. The number of piperidine rings is 1. The fraction of sp³-hybridized carbons (Fsp3) is 0.609. The molecule has 4 aliphatic heterocycles. The van der Waals surface area contributed by atoms with Crippen LogP contribution < -0.4 is 0 Å². The molecule has 13 nitrogen and oxygen atoms in total. The fourth-order valence-electron chi connectivity index (χ4n) is 6.41. The number of tetrazole rings is 1. The van der Waals surface area contributed by atoms with Gasteiger partial charge in [-0.2, -0.15) is 4.68 Å². The SMILES string of the molecule is COC1CN(C2=C(C)C(=O)OC2)C(=O)C12CC1CCC(C2)N1CC(O)c1cnc(-n2cnnn2)cn1. The molecule has 3 fully saturated rings. The summed E-state index contributed by atoms with van der Waals surface area (Å²) in [5.74, 6) is 0.111. The standard InChI is InChI=1S/C23H28N8O5/c1-13-17(11-36-21(13)33)30-10-19(35-2)23(22(30)34)5-14-3-4-15(6-23)29(14)9-18(32)16-7-25-20(8-24-16)31-12-26-27-28-31/h7-8,12,14-15,18-19,32H,3-6,9-11H2,1-2H3. The first-order valence-electron chi connectivity index (χ1n) is 12.1. The summed E-state index contributed by atoms with van der Waals surface area (Å²) >= 11 is 0. The van der Waals surface area contributed by atoms with Gasteiger partial charge in [0.15, 0.2) is 5.82 Å². The Labute approximate surface area is 207 Å². The molecule has 1 amide bonds. The van der Waals surface area contributed by atoms with Gasteiger partial charge in [-0.05, 0) is 43.0 Å². The highest BCUT2D eigenvalue weighted by atomic mass is 16.5. The van der Waals surface area contributed by atoms with Crippen LogP contribution in [0.15, 0.2) is 30.0 Å². The number of aliphatic hydroxyl groups is 1. The normalized spacial score (nSPS) is 31.1. The second-order valence-electron chi connectivity index (χ2n) is 10.0. The molecule has 13 heteroatoms. The highest BCUT2D eigenvalue weighted by Gasteiger charge is 2.61. The monoisotopic (exact) mass is 496 g/mol. The number of nitrogens with zero attached hydrogens (tertiary/aromatic N) is 8. The van der Waals surface area contributed by atoms with Gasteiger partial charge in [-0.3, -0.25) is 14.7 Å². The zero-order valence-corrected chi connectivity index (χ0v) is 20.1. The van der Waals surface area contributed by atoms with E-state index in [9.17, 15) is 14.7 Å². The number of carbonyl (C=O) groups excluding carboxylic acids is 2. The van der Waals surface area contributed by atoms with Crippen molar-refractivity contribution in [3.05, 3.63) is 35.7 Å². The minimum absolute atomic E-state index is 0.0168. The molecule has 2 aromatic heterocycles. The molecule has 190 valence electrons. The lowest BCUT2D eigenvalue weighted by Crippen LogP contribution is -2.54. The summed E-state index contributed by atoms with van der Waals surface area (Å²) in [5.41, 5.74) is 0.968. The van der Waals surface area contributed by atoms with E-state index in [1.54, 1.807) is 18.9 Å². The lowest BCUT2D eigenvalue weighted by molar-refractivity contribution is -0.144. The number of likely N-dealkylation sites (tertiary alicyclic amines) is 1. The van der Waals surface area contributed by atoms with Gasteiger partial charge in [0, 0.05) is 25.7 Å². The molecule has 4 aliphatic rings. The van der Waals surface area contributed by atoms with Crippen molar-refractivity contribution in [3.8, 4) is 5.82 Å². The number of ether oxygens (including phenoxy) is 2. The lowest BCUT2D eigenvalue weighted by Gasteiger charge is -2.46. The highest BCUT2D eigenvalue weighted by Crippen LogP contribution is 2.53. The van der Waals surface area contributed by atoms with Crippen LogP contribution in [-0.2, 0) is 19.1 Å². The largest absolute Gasteiger partial charge is 0.456 e. The van der Waals surface area contributed by atoms with Gasteiger partial charge in [-0.25, -0.2) is 9.78 Å². The van der Waals surface area contributed by atoms with Crippen LogP contribution in [0.5, 0.6) is 0 Å². The first kappa shape index (κ1) is 23.1. The van der Waals surface area contributed by atoms with Crippen LogP contribution in [0.2, 0.25) is 0 Å². The maximum atomic E-state index is 13.8. The zero-order chi connectivity index (χ0) is 25.0. The van der Waals surface area contributed by atoms with Crippen molar-refractivity contribution in [2.75, 3.05) is 26.8 Å². The van der Waals surface area contributed by atoms with Gasteiger partial charge in [0.1, 0.15) is 19.0 Å². The van der Waals surface area contributed by atoms with Gasteiger partial charge in [-0.1, -0.05) is 0 Å². The van der Waals surface area contributed by atoms with Crippen molar-refractivity contribution in [1.29, 1.82) is 0 Å². The van der Waals surface area contributed by atoms with Crippen LogP contribution in [0.25, 0.3) is 5.82 Å². The molecule has 1 spiro atoms. The predicted molar refractivity (Wildman–Crippen MR) is 121 cm³/mol. The number of esters is 1. The number of hydrogen-bond donors (Lipinski definition) is 1. The number of carbonyl (C=O) groups is 2. The molecule has 0 aromatic carbocycles. The second-order valence-corrected chi connectivity index (χ2v) is 10.0. The summed E-state index contributed by atoms with van der Waals surface area (Å²) in [4.78, 5) is 38.4. The Morgan fingerprint density at radius 1 is 1.22 bits per heavy atom. The predicted octanol–water partition coefficient (Wildman–Crippen LogP) is -0.213. The Kier molecular flexibility index (Phi) is 5.57. The van der Waals surface area contributed by atoms with Crippen LogP contribution >= 0.6 is 0 Å². The molecule has 0 saturated carbocycles. The summed E-state index contributed by atoms with van der Waals surface area (Å²) in [6.45, 7) is 2.66. The molecule has 1 N–H and O–H groups in total. The van der Waals surface area contributed by atoms with E-state index in [1.165, 1.54) is 23.4 Å². The number of hydrogen-bond acceptors (Lipinski definition) is 11. The summed E-state index contributed by atoms with van der Waals surface area (Å²) in [7, 11) is 1.65. The number of aliphatic hydroxyl groups excluding tert-OH is 1. The zero-order valence-electron chi connectivity index (χ0n) is 20.1. The molecule has 6 heterocycles. The third kappa shape index (κ3) is 3.52. The Balaban J connectivity index is 1.18. The summed E-state index contributed by atoms with van der Waals surface area (Å²) < 4.78 is 12.4. The third-order valence-corrected chi connectivity index (χ3v) is 8.26. The molecule has 2 bridgehead atoms. The topological polar surface area (TPSA) is 149 Å². The van der Waals surface area contributed by atoms with Crippen molar-refractivity contribution in [2.24, 2.45) is 5.41 Å². The van der Waals surface area contributed by atoms with E-state index in [2.05, 4.69) is 30.4 Å². The van der Waals surface area contributed by atoms with E-state index in [-0.39, 0.29) is 36.7 Å². The minimum atomic E-state index is -0.818. The van der Waals surface area contributed by atoms with Crippen molar-refractivity contribution in [3.63, 3.8) is 0 Å². The highest BCUT2D eigenvalue weighted by molar-refractivity contribution is 5.94. The van der Waals surface area contributed by atoms with Gasteiger partial charge in [-0.15, -0.1) is 5.10 Å². The lowest BCUT2D eigenvalue weighted by atomic mass is 9.71. The molecule has 6 rings (SSSR count). The van der Waals surface area contributed by atoms with E-state index in [0.717, 1.165) is 12.8 Å². The summed E-state index contributed by atoms with van der Waals surface area (Å²) in [5, 5.41) is 21.9. The average molecular weight is 497 g/mol. The van der Waals surface area contributed by atoms with E-state index < -0.39 is 11.5 Å². The Morgan fingerprint density at radius 3 is 2.58 bits per heavy atom. The number of rotatable bonds is 6. The molecule has 36 heavy (non-hydrogen) atoms.